The van der Waals surface area contributed by atoms with Crippen LogP contribution in [-0.2, 0) is 0 Å². The van der Waals surface area contributed by atoms with Gasteiger partial charge in [0.05, 0.1) is 11.4 Å². The molecule has 2 rings (SSSR count). The molecule has 1 aromatic rings. The lowest BCUT2D eigenvalue weighted by Gasteiger charge is -2.23. The molecule has 0 aromatic heterocycles. The van der Waals surface area contributed by atoms with Crippen LogP contribution in [-0.4, -0.2) is 20.1 Å². The average Bonchev–Trinajstić information content (AvgIpc) is 2.57. The number of nitrogens with zero attached hydrogens (tertiary/aromatic N) is 1. The average molecular weight is 267 g/mol. The molecule has 0 heterocycles. The van der Waals surface area contributed by atoms with E-state index in [1.807, 2.05) is 12.1 Å². The van der Waals surface area contributed by atoms with Gasteiger partial charge < -0.3 is 10.2 Å². The van der Waals surface area contributed by atoms with E-state index in [1.54, 1.807) is 0 Å². The van der Waals surface area contributed by atoms with Gasteiger partial charge in [0.25, 0.3) is 0 Å². The van der Waals surface area contributed by atoms with Crippen LogP contribution in [0.5, 0.6) is 0 Å². The molecule has 0 bridgehead atoms. The van der Waals surface area contributed by atoms with Crippen LogP contribution in [0, 0.1) is 0 Å². The highest BCUT2D eigenvalue weighted by Crippen LogP contribution is 2.30. The molecule has 100 valence electrons. The predicted molar refractivity (Wildman–Crippen MR) is 80.9 cm³/mol. The minimum Gasteiger partial charge on any atom is -0.381 e. The maximum atomic E-state index is 6.11. The number of benzene rings is 1. The third kappa shape index (κ3) is 3.55. The number of rotatable bonds is 3. The molecule has 1 fully saturated rings. The second-order valence-corrected chi connectivity index (χ2v) is 5.83. The molecule has 1 saturated carbocycles. The third-order valence-electron chi connectivity index (χ3n) is 3.66. The summed E-state index contributed by atoms with van der Waals surface area (Å²) in [7, 11) is 4.14. The summed E-state index contributed by atoms with van der Waals surface area (Å²) < 4.78 is 0. The zero-order valence-corrected chi connectivity index (χ0v) is 12.1. The van der Waals surface area contributed by atoms with Gasteiger partial charge in [0.2, 0.25) is 0 Å². The largest absolute Gasteiger partial charge is 0.381 e. The van der Waals surface area contributed by atoms with Crippen LogP contribution in [0.3, 0.4) is 0 Å². The van der Waals surface area contributed by atoms with Gasteiger partial charge in [0, 0.05) is 25.2 Å². The molecular formula is C15H23ClN2. The number of anilines is 2. The van der Waals surface area contributed by atoms with Crippen LogP contribution < -0.4 is 10.2 Å². The first-order chi connectivity index (χ1) is 8.66. The van der Waals surface area contributed by atoms with E-state index in [-0.39, 0.29) is 0 Å². The first kappa shape index (κ1) is 13.5. The monoisotopic (exact) mass is 266 g/mol. The lowest BCUT2D eigenvalue weighted by Crippen LogP contribution is -2.20. The highest BCUT2D eigenvalue weighted by molar-refractivity contribution is 6.31. The Bertz CT molecular complexity index is 382. The molecule has 18 heavy (non-hydrogen) atoms. The van der Waals surface area contributed by atoms with E-state index < -0.39 is 0 Å². The predicted octanol–water partition coefficient (Wildman–Crippen LogP) is 4.54. The van der Waals surface area contributed by atoms with Crippen LogP contribution in [0.25, 0.3) is 0 Å². The smallest absolute Gasteiger partial charge is 0.0597 e. The Morgan fingerprint density at radius 2 is 1.78 bits per heavy atom. The summed E-state index contributed by atoms with van der Waals surface area (Å²) in [4.78, 5) is 2.13. The van der Waals surface area contributed by atoms with Crippen LogP contribution in [0.2, 0.25) is 5.02 Å². The second kappa shape index (κ2) is 6.33. The molecule has 0 spiro atoms. The highest BCUT2D eigenvalue weighted by Gasteiger charge is 2.14. The van der Waals surface area contributed by atoms with Crippen molar-refractivity contribution in [3.8, 4) is 0 Å². The normalized spacial score (nSPS) is 17.3. The zero-order valence-electron chi connectivity index (χ0n) is 11.4. The van der Waals surface area contributed by atoms with Crippen molar-refractivity contribution < 1.29 is 0 Å². The molecule has 2 nitrogen and oxygen atoms in total. The van der Waals surface area contributed by atoms with E-state index in [0.29, 0.717) is 6.04 Å². The van der Waals surface area contributed by atoms with Crippen molar-refractivity contribution in [3.05, 3.63) is 23.2 Å². The van der Waals surface area contributed by atoms with Gasteiger partial charge in [-0.2, -0.15) is 0 Å². The molecular weight excluding hydrogens is 244 g/mol. The summed E-state index contributed by atoms with van der Waals surface area (Å²) in [6.07, 6.45) is 8.01. The van der Waals surface area contributed by atoms with Gasteiger partial charge in [0.15, 0.2) is 0 Å². The molecule has 0 unspecified atom stereocenters. The van der Waals surface area contributed by atoms with Crippen LogP contribution in [0.1, 0.15) is 38.5 Å². The SMILES string of the molecule is CN(C)c1ccc(Cl)cc1NC1CCCCCC1. The number of halogens is 1. The Morgan fingerprint density at radius 3 is 2.39 bits per heavy atom. The zero-order chi connectivity index (χ0) is 13.0. The minimum absolute atomic E-state index is 0.602. The molecule has 1 aliphatic rings. The molecule has 0 saturated heterocycles. The molecule has 0 aliphatic heterocycles. The number of hydrogen-bond acceptors (Lipinski definition) is 2. The number of nitrogens with one attached hydrogen (secondary N) is 1. The van der Waals surface area contributed by atoms with Gasteiger partial charge in [-0.05, 0) is 31.0 Å². The van der Waals surface area contributed by atoms with E-state index in [0.717, 1.165) is 5.02 Å². The van der Waals surface area contributed by atoms with Gasteiger partial charge in [0.1, 0.15) is 0 Å². The second-order valence-electron chi connectivity index (χ2n) is 5.39. The Hall–Kier alpha value is -0.890. The van der Waals surface area contributed by atoms with Crippen molar-refractivity contribution in [1.29, 1.82) is 0 Å². The molecule has 0 amide bonds. The minimum atomic E-state index is 0.602. The Morgan fingerprint density at radius 1 is 1.11 bits per heavy atom. The maximum absolute atomic E-state index is 6.11. The van der Waals surface area contributed by atoms with Gasteiger partial charge in [-0.15, -0.1) is 0 Å². The summed E-state index contributed by atoms with van der Waals surface area (Å²) in [5.74, 6) is 0. The van der Waals surface area contributed by atoms with E-state index >= 15 is 0 Å². The van der Waals surface area contributed by atoms with Gasteiger partial charge >= 0.3 is 0 Å². The summed E-state index contributed by atoms with van der Waals surface area (Å²) >= 11 is 6.11. The maximum Gasteiger partial charge on any atom is 0.0597 e. The Labute approximate surface area is 115 Å². The summed E-state index contributed by atoms with van der Waals surface area (Å²) in [5, 5.41) is 4.49. The summed E-state index contributed by atoms with van der Waals surface area (Å²) in [6.45, 7) is 0. The van der Waals surface area contributed by atoms with Crippen molar-refractivity contribution in [2.45, 2.75) is 44.6 Å². The first-order valence-corrected chi connectivity index (χ1v) is 7.28. The topological polar surface area (TPSA) is 15.3 Å². The fourth-order valence-electron chi connectivity index (χ4n) is 2.66. The van der Waals surface area contributed by atoms with E-state index in [2.05, 4.69) is 30.4 Å². The standard InChI is InChI=1S/C15H23ClN2/c1-18(2)15-10-9-12(16)11-14(15)17-13-7-5-3-4-6-8-13/h9-11,13,17H,3-8H2,1-2H3. The van der Waals surface area contributed by atoms with Gasteiger partial charge in [-0.25, -0.2) is 0 Å². The molecule has 1 aromatic carbocycles. The van der Waals surface area contributed by atoms with Crippen LogP contribution in [0.15, 0.2) is 18.2 Å². The molecule has 3 heteroatoms. The number of hydrogen-bond donors (Lipinski definition) is 1. The van der Waals surface area contributed by atoms with Crippen LogP contribution >= 0.6 is 11.6 Å². The first-order valence-electron chi connectivity index (χ1n) is 6.90. The third-order valence-corrected chi connectivity index (χ3v) is 3.89. The summed E-state index contributed by atoms with van der Waals surface area (Å²) in [6, 6.07) is 6.68. The van der Waals surface area contributed by atoms with Gasteiger partial charge in [-0.3, -0.25) is 0 Å². The van der Waals surface area contributed by atoms with Crippen molar-refractivity contribution in [2.24, 2.45) is 0 Å². The Balaban J connectivity index is 2.13. The Kier molecular flexibility index (Phi) is 4.76. The van der Waals surface area contributed by atoms with Crippen molar-refractivity contribution in [3.63, 3.8) is 0 Å². The van der Waals surface area contributed by atoms with Crippen molar-refractivity contribution in [1.82, 2.24) is 0 Å². The molecule has 0 atom stereocenters. The van der Waals surface area contributed by atoms with E-state index in [4.69, 9.17) is 11.6 Å². The quantitative estimate of drug-likeness (QED) is 0.808. The van der Waals surface area contributed by atoms with E-state index in [1.165, 1.54) is 49.9 Å². The highest BCUT2D eigenvalue weighted by atomic mass is 35.5. The fraction of sp³-hybridized carbons (Fsp3) is 0.600. The van der Waals surface area contributed by atoms with Gasteiger partial charge in [-0.1, -0.05) is 37.3 Å². The lowest BCUT2D eigenvalue weighted by molar-refractivity contribution is 0.620. The molecule has 1 N–H and O–H groups in total. The lowest BCUT2D eigenvalue weighted by atomic mass is 10.1. The molecule has 0 radical (unpaired) electrons. The summed E-state index contributed by atoms with van der Waals surface area (Å²) in [5.41, 5.74) is 2.38. The van der Waals surface area contributed by atoms with Crippen LogP contribution in [0.4, 0.5) is 11.4 Å². The van der Waals surface area contributed by atoms with E-state index in [9.17, 15) is 0 Å². The fourth-order valence-corrected chi connectivity index (χ4v) is 2.83. The van der Waals surface area contributed by atoms with Crippen molar-refractivity contribution in [2.75, 3.05) is 24.3 Å². The van der Waals surface area contributed by atoms with Crippen molar-refractivity contribution >= 4 is 23.0 Å². The molecule has 1 aliphatic carbocycles.